The van der Waals surface area contributed by atoms with Gasteiger partial charge in [-0.25, -0.2) is 0 Å². The fourth-order valence-electron chi connectivity index (χ4n) is 7.39. The number of ether oxygens (including phenoxy) is 4. The Bertz CT molecular complexity index is 1750. The zero-order valence-electron chi connectivity index (χ0n) is 32.5. The van der Waals surface area contributed by atoms with Gasteiger partial charge in [0, 0.05) is 78.0 Å². The first-order valence-corrected chi connectivity index (χ1v) is 19.8. The van der Waals surface area contributed by atoms with Crippen LogP contribution in [0.2, 0.25) is 0 Å². The van der Waals surface area contributed by atoms with Gasteiger partial charge in [-0.1, -0.05) is 72.8 Å². The second kappa shape index (κ2) is 19.8. The Morgan fingerprint density at radius 1 is 0.310 bits per heavy atom. The highest BCUT2D eigenvalue weighted by Crippen LogP contribution is 2.39. The molecule has 0 fully saturated rings. The number of carbonyl (C=O) groups is 4. The van der Waals surface area contributed by atoms with Crippen molar-refractivity contribution in [2.24, 2.45) is 0 Å². The predicted octanol–water partition coefficient (Wildman–Crippen LogP) is 1.55. The third kappa shape index (κ3) is 10.6. The van der Waals surface area contributed by atoms with Crippen LogP contribution in [0.1, 0.15) is 44.5 Å². The summed E-state index contributed by atoms with van der Waals surface area (Å²) in [6.07, 6.45) is 1.43. The largest absolute Gasteiger partial charge is 0.483 e. The summed E-state index contributed by atoms with van der Waals surface area (Å²) in [5.41, 5.74) is 6.53. The third-order valence-electron chi connectivity index (χ3n) is 10.1. The van der Waals surface area contributed by atoms with Gasteiger partial charge in [-0.3, -0.25) is 19.2 Å². The summed E-state index contributed by atoms with van der Waals surface area (Å²) in [7, 11) is 0. The molecule has 58 heavy (non-hydrogen) atoms. The second-order valence-corrected chi connectivity index (χ2v) is 14.4. The van der Waals surface area contributed by atoms with Crippen LogP contribution in [-0.4, -0.2) is 102 Å². The average Bonchev–Trinajstić information content (AvgIpc) is 3.21. The average molecular weight is 791 g/mol. The van der Waals surface area contributed by atoms with Crippen molar-refractivity contribution >= 4 is 23.6 Å². The molecule has 0 aromatic heterocycles. The van der Waals surface area contributed by atoms with Crippen molar-refractivity contribution in [2.45, 2.75) is 25.7 Å². The highest BCUT2D eigenvalue weighted by Gasteiger charge is 2.23. The summed E-state index contributed by atoms with van der Waals surface area (Å²) < 4.78 is 25.8. The molecule has 6 N–H and O–H groups in total. The number of hydrogen-bond donors (Lipinski definition) is 6. The Balaban J connectivity index is 1.43. The van der Waals surface area contributed by atoms with Gasteiger partial charge in [0.2, 0.25) is 0 Å². The van der Waals surface area contributed by atoms with Gasteiger partial charge in [0.1, 0.15) is 23.0 Å². The first kappa shape index (κ1) is 40.1. The normalized spacial score (nSPS) is 17.7. The van der Waals surface area contributed by atoms with Crippen LogP contribution in [0.5, 0.6) is 23.0 Å². The Kier molecular flexibility index (Phi) is 13.7. The van der Waals surface area contributed by atoms with Crippen molar-refractivity contribution in [2.75, 3.05) is 78.8 Å². The molecule has 0 radical (unpaired) electrons. The number of benzene rings is 4. The van der Waals surface area contributed by atoms with E-state index in [2.05, 4.69) is 31.9 Å². The maximum atomic E-state index is 13.1. The molecule has 7 rings (SSSR count). The van der Waals surface area contributed by atoms with Gasteiger partial charge in [0.15, 0.2) is 26.4 Å². The monoisotopic (exact) mass is 790 g/mol. The van der Waals surface area contributed by atoms with Crippen molar-refractivity contribution in [1.82, 2.24) is 31.9 Å². The lowest BCUT2D eigenvalue weighted by Gasteiger charge is -2.23. The molecule has 1 aliphatic carbocycles. The van der Waals surface area contributed by atoms with Gasteiger partial charge >= 0.3 is 0 Å². The number of para-hydroxylation sites is 4. The Morgan fingerprint density at radius 3 is 0.724 bits per heavy atom. The molecule has 0 unspecified atom stereocenters. The number of carbonyl (C=O) groups excluding carboxylic acids is 4. The molecule has 4 amide bonds. The van der Waals surface area contributed by atoms with Crippen LogP contribution in [0.3, 0.4) is 0 Å². The lowest BCUT2D eigenvalue weighted by atomic mass is 9.91. The summed E-state index contributed by atoms with van der Waals surface area (Å²) in [6.45, 7) is 2.58. The number of hydrogen-bond acceptors (Lipinski definition) is 10. The molecule has 4 aromatic rings. The predicted molar refractivity (Wildman–Crippen MR) is 217 cm³/mol. The van der Waals surface area contributed by atoms with Gasteiger partial charge in [0.05, 0.1) is 0 Å². The van der Waals surface area contributed by atoms with Crippen LogP contribution in [0.25, 0.3) is 0 Å². The van der Waals surface area contributed by atoms with Crippen LogP contribution in [0.4, 0.5) is 0 Å². The number of rotatable bonds is 0. The standard InChI is InChI=1S/C44H50N6O8/c51-37-25-55-41-29-5-1-6-30(41)22-32-8-3-10-34-24-36-12-4-11-35(44(36)58-28-40(54)50-20-16-45-13-17-47-37)23-33-9-2-7-31(21-29)42(33)56-26-38(52)48-18-14-46-15-19-49-39(53)27-57-43(32)34/h1-12,45-46H,13-28H2,(H,47,51)(H,48,52)(H,49,53)(H,50,54). The van der Waals surface area contributed by atoms with Crippen molar-refractivity contribution in [3.8, 4) is 23.0 Å². The number of nitrogens with one attached hydrogen (secondary N) is 6. The summed E-state index contributed by atoms with van der Waals surface area (Å²) >= 11 is 0. The van der Waals surface area contributed by atoms with Crippen molar-refractivity contribution < 1.29 is 38.1 Å². The molecule has 304 valence electrons. The van der Waals surface area contributed by atoms with E-state index in [9.17, 15) is 19.2 Å². The maximum Gasteiger partial charge on any atom is 0.257 e. The molecule has 2 heterocycles. The van der Waals surface area contributed by atoms with Crippen LogP contribution in [0.15, 0.2) is 72.8 Å². The van der Waals surface area contributed by atoms with E-state index >= 15 is 0 Å². The fraction of sp³-hybridized carbons (Fsp3) is 0.364. The molecule has 14 heteroatoms. The highest BCUT2D eigenvalue weighted by atomic mass is 16.5. The first-order valence-electron chi connectivity index (χ1n) is 19.8. The summed E-state index contributed by atoms with van der Waals surface area (Å²) in [4.78, 5) is 52.6. The quantitative estimate of drug-likeness (QED) is 0.135. The Morgan fingerprint density at radius 2 is 0.517 bits per heavy atom. The lowest BCUT2D eigenvalue weighted by molar-refractivity contribution is -0.123. The van der Waals surface area contributed by atoms with Gasteiger partial charge in [-0.15, -0.1) is 0 Å². The minimum atomic E-state index is -0.286. The molecular weight excluding hydrogens is 741 g/mol. The summed E-state index contributed by atoms with van der Waals surface area (Å²) in [5, 5.41) is 18.1. The van der Waals surface area contributed by atoms with E-state index in [0.717, 1.165) is 44.5 Å². The molecular formula is C44H50N6O8. The van der Waals surface area contributed by atoms with Crippen LogP contribution >= 0.6 is 0 Å². The molecule has 2 aliphatic heterocycles. The number of amides is 4. The molecule has 0 atom stereocenters. The van der Waals surface area contributed by atoms with Crippen molar-refractivity contribution in [3.05, 3.63) is 117 Å². The van der Waals surface area contributed by atoms with E-state index in [-0.39, 0.29) is 50.1 Å². The van der Waals surface area contributed by atoms with E-state index in [0.29, 0.717) is 101 Å². The second-order valence-electron chi connectivity index (χ2n) is 14.4. The minimum absolute atomic E-state index is 0.223. The molecule has 12 bridgehead atoms. The molecule has 14 nitrogen and oxygen atoms in total. The summed E-state index contributed by atoms with van der Waals surface area (Å²) in [6, 6.07) is 23.6. The van der Waals surface area contributed by atoms with E-state index < -0.39 is 0 Å². The maximum absolute atomic E-state index is 13.1. The smallest absolute Gasteiger partial charge is 0.257 e. The van der Waals surface area contributed by atoms with Crippen LogP contribution < -0.4 is 50.8 Å². The van der Waals surface area contributed by atoms with E-state index in [1.807, 2.05) is 72.8 Å². The molecule has 0 saturated heterocycles. The zero-order chi connectivity index (χ0) is 40.1. The highest BCUT2D eigenvalue weighted by molar-refractivity contribution is 5.79. The van der Waals surface area contributed by atoms with E-state index in [1.54, 1.807) is 0 Å². The van der Waals surface area contributed by atoms with Crippen LogP contribution in [0, 0.1) is 0 Å². The van der Waals surface area contributed by atoms with Gasteiger partial charge in [0.25, 0.3) is 23.6 Å². The van der Waals surface area contributed by atoms with Gasteiger partial charge in [-0.05, 0) is 44.5 Å². The zero-order valence-corrected chi connectivity index (χ0v) is 32.5. The SMILES string of the molecule is O=C1COc2c3cccc2Cc2cccc4c2OCC(=O)NCCNCCNC(=O)COc2c(cccc2Cc2cccc(c2OCC(=O)NCCNCCN1)C4)C3. The van der Waals surface area contributed by atoms with E-state index in [4.69, 9.17) is 18.9 Å². The fourth-order valence-corrected chi connectivity index (χ4v) is 7.39. The lowest BCUT2D eigenvalue weighted by Crippen LogP contribution is -2.39. The molecule has 0 saturated carbocycles. The van der Waals surface area contributed by atoms with Crippen molar-refractivity contribution in [3.63, 3.8) is 0 Å². The van der Waals surface area contributed by atoms with Crippen LogP contribution in [-0.2, 0) is 44.9 Å². The summed E-state index contributed by atoms with van der Waals surface area (Å²) in [5.74, 6) is 1.08. The molecule has 0 spiro atoms. The third-order valence-corrected chi connectivity index (χ3v) is 10.1. The Hall–Kier alpha value is -6.12. The Labute approximate surface area is 337 Å². The minimum Gasteiger partial charge on any atom is -0.483 e. The first-order chi connectivity index (χ1) is 28.4. The molecule has 4 aromatic carbocycles. The van der Waals surface area contributed by atoms with Crippen molar-refractivity contribution in [1.29, 1.82) is 0 Å². The van der Waals surface area contributed by atoms with E-state index in [1.165, 1.54) is 0 Å². The topological polar surface area (TPSA) is 177 Å². The van der Waals surface area contributed by atoms with Gasteiger partial charge in [-0.2, -0.15) is 0 Å². The molecule has 3 aliphatic rings. The van der Waals surface area contributed by atoms with Gasteiger partial charge < -0.3 is 50.8 Å².